The van der Waals surface area contributed by atoms with Gasteiger partial charge in [0.2, 0.25) is 5.91 Å². The second kappa shape index (κ2) is 6.09. The molecule has 5 heteroatoms. The molecule has 0 saturated heterocycles. The number of aromatic nitrogens is 2. The largest absolute Gasteiger partial charge is 0.497 e. The average Bonchev–Trinajstić information content (AvgIpc) is 3.05. The van der Waals surface area contributed by atoms with E-state index in [1.807, 2.05) is 61.7 Å². The number of carbonyl (C=O) groups is 1. The zero-order valence-corrected chi connectivity index (χ0v) is 14.2. The van der Waals surface area contributed by atoms with Gasteiger partial charge in [-0.15, -0.1) is 0 Å². The minimum absolute atomic E-state index is 0.00539. The summed E-state index contributed by atoms with van der Waals surface area (Å²) in [6.07, 6.45) is 2.25. The summed E-state index contributed by atoms with van der Waals surface area (Å²) in [5, 5.41) is 7.50. The molecular formula is C20H19N3O2. The van der Waals surface area contributed by atoms with E-state index in [-0.39, 0.29) is 11.8 Å². The molecule has 126 valence electrons. The number of aryl methyl sites for hydroxylation is 1. The zero-order valence-electron chi connectivity index (χ0n) is 14.2. The standard InChI is InChI=1S/C20H19N3O2/c1-13-6-8-15(9-7-13)23-20-18(12-21-23)17(11-19(24)22-20)14-4-3-5-16(10-14)25-2/h3-10,12,17H,11H2,1-2H3,(H,22,24)/t17-/m1/s1. The summed E-state index contributed by atoms with van der Waals surface area (Å²) in [4.78, 5) is 12.3. The Morgan fingerprint density at radius 1 is 1.20 bits per heavy atom. The molecule has 1 N–H and O–H groups in total. The number of nitrogens with zero attached hydrogens (tertiary/aromatic N) is 2. The van der Waals surface area contributed by atoms with Crippen LogP contribution in [0, 0.1) is 6.92 Å². The molecular weight excluding hydrogens is 314 g/mol. The van der Waals surface area contributed by atoms with Gasteiger partial charge < -0.3 is 10.1 Å². The average molecular weight is 333 g/mol. The van der Waals surface area contributed by atoms with E-state index in [1.54, 1.807) is 11.8 Å². The van der Waals surface area contributed by atoms with Gasteiger partial charge in [-0.2, -0.15) is 5.10 Å². The van der Waals surface area contributed by atoms with Gasteiger partial charge in [0.1, 0.15) is 11.6 Å². The van der Waals surface area contributed by atoms with Crippen molar-refractivity contribution in [1.29, 1.82) is 0 Å². The van der Waals surface area contributed by atoms with Crippen molar-refractivity contribution in [1.82, 2.24) is 9.78 Å². The van der Waals surface area contributed by atoms with Crippen molar-refractivity contribution in [3.63, 3.8) is 0 Å². The predicted octanol–water partition coefficient (Wildman–Crippen LogP) is 3.66. The highest BCUT2D eigenvalue weighted by Crippen LogP contribution is 2.38. The molecule has 3 aromatic rings. The van der Waals surface area contributed by atoms with Crippen LogP contribution in [0.4, 0.5) is 5.82 Å². The van der Waals surface area contributed by atoms with Crippen LogP contribution in [0.5, 0.6) is 5.75 Å². The maximum absolute atomic E-state index is 12.3. The first kappa shape index (κ1) is 15.4. The maximum atomic E-state index is 12.3. The Hall–Kier alpha value is -3.08. The molecule has 5 nitrogen and oxygen atoms in total. The SMILES string of the molecule is COc1cccc([C@H]2CC(=O)Nc3c2cnn3-c2ccc(C)cc2)c1. The molecule has 0 spiro atoms. The van der Waals surface area contributed by atoms with Crippen LogP contribution in [-0.4, -0.2) is 22.8 Å². The molecule has 1 aliphatic heterocycles. The number of hydrogen-bond donors (Lipinski definition) is 1. The van der Waals surface area contributed by atoms with Crippen molar-refractivity contribution in [3.8, 4) is 11.4 Å². The summed E-state index contributed by atoms with van der Waals surface area (Å²) in [7, 11) is 1.65. The van der Waals surface area contributed by atoms with Gasteiger partial charge >= 0.3 is 0 Å². The number of benzene rings is 2. The molecule has 25 heavy (non-hydrogen) atoms. The number of nitrogens with one attached hydrogen (secondary N) is 1. The van der Waals surface area contributed by atoms with Crippen molar-refractivity contribution < 1.29 is 9.53 Å². The van der Waals surface area contributed by atoms with E-state index in [1.165, 1.54) is 5.56 Å². The zero-order chi connectivity index (χ0) is 17.4. The van der Waals surface area contributed by atoms with Crippen molar-refractivity contribution in [2.24, 2.45) is 0 Å². The fourth-order valence-corrected chi connectivity index (χ4v) is 3.26. The molecule has 1 aromatic heterocycles. The minimum atomic E-state index is -0.0296. The van der Waals surface area contributed by atoms with Gasteiger partial charge in [-0.1, -0.05) is 29.8 Å². The van der Waals surface area contributed by atoms with Crippen LogP contribution >= 0.6 is 0 Å². The molecule has 1 aliphatic rings. The molecule has 0 saturated carbocycles. The highest BCUT2D eigenvalue weighted by molar-refractivity contribution is 5.94. The second-order valence-electron chi connectivity index (χ2n) is 6.28. The molecule has 0 radical (unpaired) electrons. The Morgan fingerprint density at radius 3 is 2.76 bits per heavy atom. The van der Waals surface area contributed by atoms with Crippen LogP contribution < -0.4 is 10.1 Å². The Bertz CT molecular complexity index is 928. The number of hydrogen-bond acceptors (Lipinski definition) is 3. The van der Waals surface area contributed by atoms with Crippen LogP contribution in [0.25, 0.3) is 5.69 Å². The number of rotatable bonds is 3. The molecule has 4 rings (SSSR count). The van der Waals surface area contributed by atoms with E-state index in [2.05, 4.69) is 10.4 Å². The lowest BCUT2D eigenvalue weighted by molar-refractivity contribution is -0.116. The predicted molar refractivity (Wildman–Crippen MR) is 96.4 cm³/mol. The Balaban J connectivity index is 1.79. The van der Waals surface area contributed by atoms with Gasteiger partial charge in [-0.05, 0) is 36.8 Å². The topological polar surface area (TPSA) is 56.1 Å². The van der Waals surface area contributed by atoms with Gasteiger partial charge in [-0.3, -0.25) is 4.79 Å². The summed E-state index contributed by atoms with van der Waals surface area (Å²) in [5.41, 5.74) is 4.19. The number of amides is 1. The van der Waals surface area contributed by atoms with Crippen molar-refractivity contribution in [3.05, 3.63) is 71.4 Å². The fourth-order valence-electron chi connectivity index (χ4n) is 3.26. The van der Waals surface area contributed by atoms with Gasteiger partial charge in [0.05, 0.1) is 19.0 Å². The molecule has 0 unspecified atom stereocenters. The van der Waals surface area contributed by atoms with Crippen molar-refractivity contribution in [2.75, 3.05) is 12.4 Å². The lowest BCUT2D eigenvalue weighted by Gasteiger charge is -2.24. The van der Waals surface area contributed by atoms with Crippen LogP contribution in [0.2, 0.25) is 0 Å². The van der Waals surface area contributed by atoms with Gasteiger partial charge in [0, 0.05) is 17.9 Å². The normalized spacial score (nSPS) is 16.2. The summed E-state index contributed by atoms with van der Waals surface area (Å²) in [6.45, 7) is 2.04. The molecule has 2 aromatic carbocycles. The van der Waals surface area contributed by atoms with Crippen LogP contribution in [0.3, 0.4) is 0 Å². The van der Waals surface area contributed by atoms with E-state index < -0.39 is 0 Å². The Labute approximate surface area is 146 Å². The lowest BCUT2D eigenvalue weighted by atomic mass is 9.87. The second-order valence-corrected chi connectivity index (χ2v) is 6.28. The Kier molecular flexibility index (Phi) is 3.76. The van der Waals surface area contributed by atoms with Gasteiger partial charge in [0.25, 0.3) is 0 Å². The molecule has 1 atom stereocenters. The first-order valence-electron chi connectivity index (χ1n) is 8.24. The highest BCUT2D eigenvalue weighted by Gasteiger charge is 2.30. The lowest BCUT2D eigenvalue weighted by Crippen LogP contribution is -2.24. The van der Waals surface area contributed by atoms with Gasteiger partial charge in [-0.25, -0.2) is 4.68 Å². The summed E-state index contributed by atoms with van der Waals surface area (Å²) < 4.78 is 7.12. The Morgan fingerprint density at radius 2 is 2.00 bits per heavy atom. The van der Waals surface area contributed by atoms with E-state index in [0.29, 0.717) is 6.42 Å². The van der Waals surface area contributed by atoms with Crippen molar-refractivity contribution in [2.45, 2.75) is 19.3 Å². The van der Waals surface area contributed by atoms with Crippen LogP contribution in [0.15, 0.2) is 54.7 Å². The van der Waals surface area contributed by atoms with Crippen molar-refractivity contribution >= 4 is 11.7 Å². The summed E-state index contributed by atoms with van der Waals surface area (Å²) >= 11 is 0. The third kappa shape index (κ3) is 2.78. The van der Waals surface area contributed by atoms with Gasteiger partial charge in [0.15, 0.2) is 0 Å². The molecule has 0 fully saturated rings. The molecule has 1 amide bonds. The third-order valence-corrected chi connectivity index (χ3v) is 4.59. The van der Waals surface area contributed by atoms with E-state index >= 15 is 0 Å². The summed E-state index contributed by atoms with van der Waals surface area (Å²) in [6, 6.07) is 15.9. The number of ether oxygens (including phenoxy) is 1. The molecule has 2 heterocycles. The smallest absolute Gasteiger partial charge is 0.226 e. The maximum Gasteiger partial charge on any atom is 0.226 e. The molecule has 0 bridgehead atoms. The number of fused-ring (bicyclic) bond motifs is 1. The first-order valence-corrected chi connectivity index (χ1v) is 8.24. The van der Waals surface area contributed by atoms with Crippen LogP contribution in [-0.2, 0) is 4.79 Å². The number of methoxy groups -OCH3 is 1. The first-order chi connectivity index (χ1) is 12.2. The molecule has 0 aliphatic carbocycles. The minimum Gasteiger partial charge on any atom is -0.497 e. The number of anilines is 1. The quantitative estimate of drug-likeness (QED) is 0.796. The summed E-state index contributed by atoms with van der Waals surface area (Å²) in [5.74, 6) is 1.50. The fraction of sp³-hybridized carbons (Fsp3) is 0.200. The van der Waals surface area contributed by atoms with Crippen LogP contribution in [0.1, 0.15) is 29.0 Å². The van der Waals surface area contributed by atoms with E-state index in [0.717, 1.165) is 28.4 Å². The number of carbonyl (C=O) groups excluding carboxylic acids is 1. The monoisotopic (exact) mass is 333 g/mol. The third-order valence-electron chi connectivity index (χ3n) is 4.59. The van der Waals surface area contributed by atoms with E-state index in [4.69, 9.17) is 4.74 Å². The highest BCUT2D eigenvalue weighted by atomic mass is 16.5. The van der Waals surface area contributed by atoms with E-state index in [9.17, 15) is 4.79 Å².